The molecule has 2 heterocycles. The summed E-state index contributed by atoms with van der Waals surface area (Å²) >= 11 is 1.17. The molecule has 0 fully saturated rings. The predicted octanol–water partition coefficient (Wildman–Crippen LogP) is 2.84. The van der Waals surface area contributed by atoms with Crippen LogP contribution >= 0.6 is 11.3 Å². The lowest BCUT2D eigenvalue weighted by atomic mass is 10.2. The van der Waals surface area contributed by atoms with Crippen LogP contribution in [-0.4, -0.2) is 15.6 Å². The van der Waals surface area contributed by atoms with Crippen LogP contribution in [-0.2, 0) is 7.05 Å². The summed E-state index contributed by atoms with van der Waals surface area (Å²) in [7, 11) is 1.46. The van der Waals surface area contributed by atoms with Crippen molar-refractivity contribution in [2.75, 3.05) is 5.32 Å². The van der Waals surface area contributed by atoms with Crippen molar-refractivity contribution in [1.29, 1.82) is 0 Å². The average Bonchev–Trinajstić information content (AvgIpc) is 2.98. The van der Waals surface area contributed by atoms with Gasteiger partial charge in [-0.25, -0.2) is 8.78 Å². The summed E-state index contributed by atoms with van der Waals surface area (Å²) in [5, 5.41) is 14.0. The van der Waals surface area contributed by atoms with Crippen LogP contribution in [0.1, 0.15) is 10.4 Å². The topological polar surface area (TPSA) is 71.3 Å². The number of aromatic hydroxyl groups is 1. The van der Waals surface area contributed by atoms with Crippen LogP contribution < -0.4 is 10.9 Å². The SMILES string of the molecule is Cn1c(=O)c(C(=O)Nc2ccc(F)cc2F)c(O)c2sccc21. The van der Waals surface area contributed by atoms with Gasteiger partial charge in [0.05, 0.1) is 15.9 Å². The summed E-state index contributed by atoms with van der Waals surface area (Å²) in [6, 6.07) is 4.26. The maximum atomic E-state index is 13.6. The zero-order valence-electron chi connectivity index (χ0n) is 11.8. The van der Waals surface area contributed by atoms with Crippen molar-refractivity contribution < 1.29 is 18.7 Å². The number of hydrogen-bond acceptors (Lipinski definition) is 4. The highest BCUT2D eigenvalue weighted by atomic mass is 32.1. The number of carbonyl (C=O) groups excluding carboxylic acids is 1. The molecule has 3 rings (SSSR count). The van der Waals surface area contributed by atoms with Gasteiger partial charge in [-0.2, -0.15) is 0 Å². The number of carbonyl (C=O) groups is 1. The van der Waals surface area contributed by atoms with Gasteiger partial charge in [-0.3, -0.25) is 9.59 Å². The van der Waals surface area contributed by atoms with E-state index in [1.807, 2.05) is 0 Å². The predicted molar refractivity (Wildman–Crippen MR) is 83.0 cm³/mol. The van der Waals surface area contributed by atoms with Crippen molar-refractivity contribution in [3.63, 3.8) is 0 Å². The number of hydrogen-bond donors (Lipinski definition) is 2. The van der Waals surface area contributed by atoms with E-state index in [-0.39, 0.29) is 5.69 Å². The van der Waals surface area contributed by atoms with Crippen LogP contribution in [0.5, 0.6) is 5.75 Å². The molecule has 0 saturated heterocycles. The second-order valence-electron chi connectivity index (χ2n) is 4.80. The molecule has 8 heteroatoms. The molecule has 0 radical (unpaired) electrons. The number of nitrogens with one attached hydrogen (secondary N) is 1. The summed E-state index contributed by atoms with van der Waals surface area (Å²) < 4.78 is 28.1. The van der Waals surface area contributed by atoms with Crippen molar-refractivity contribution in [3.05, 3.63) is 57.2 Å². The third-order valence-corrected chi connectivity index (χ3v) is 4.29. The first-order chi connectivity index (χ1) is 10.9. The normalized spacial score (nSPS) is 10.9. The Morgan fingerprint density at radius 2 is 2.04 bits per heavy atom. The molecule has 2 N–H and O–H groups in total. The maximum absolute atomic E-state index is 13.6. The molecule has 1 aromatic carbocycles. The maximum Gasteiger partial charge on any atom is 0.267 e. The highest BCUT2D eigenvalue weighted by Crippen LogP contribution is 2.31. The molecule has 23 heavy (non-hydrogen) atoms. The summed E-state index contributed by atoms with van der Waals surface area (Å²) in [5.41, 5.74) is -1.01. The van der Waals surface area contributed by atoms with E-state index in [4.69, 9.17) is 0 Å². The quantitative estimate of drug-likeness (QED) is 0.756. The Labute approximate surface area is 132 Å². The second-order valence-corrected chi connectivity index (χ2v) is 5.72. The van der Waals surface area contributed by atoms with Gasteiger partial charge in [0.25, 0.3) is 11.5 Å². The second kappa shape index (κ2) is 5.47. The van der Waals surface area contributed by atoms with Gasteiger partial charge >= 0.3 is 0 Å². The van der Waals surface area contributed by atoms with Crippen LogP contribution in [0.15, 0.2) is 34.4 Å². The Balaban J connectivity index is 2.09. The van der Waals surface area contributed by atoms with E-state index in [1.54, 1.807) is 11.4 Å². The molecular formula is C15H10F2N2O3S. The third kappa shape index (κ3) is 2.46. The minimum Gasteiger partial charge on any atom is -0.505 e. The molecule has 0 saturated carbocycles. The molecule has 1 amide bonds. The highest BCUT2D eigenvalue weighted by molar-refractivity contribution is 7.17. The molecule has 118 valence electrons. The smallest absolute Gasteiger partial charge is 0.267 e. The van der Waals surface area contributed by atoms with Crippen molar-refractivity contribution >= 4 is 33.1 Å². The van der Waals surface area contributed by atoms with E-state index in [0.29, 0.717) is 16.3 Å². The van der Waals surface area contributed by atoms with Gasteiger partial charge in [0.2, 0.25) is 0 Å². The molecule has 0 spiro atoms. The van der Waals surface area contributed by atoms with Gasteiger partial charge in [0, 0.05) is 13.1 Å². The number of aryl methyl sites for hydroxylation is 1. The van der Waals surface area contributed by atoms with Gasteiger partial charge in [-0.15, -0.1) is 11.3 Å². The van der Waals surface area contributed by atoms with Crippen LogP contribution in [0.2, 0.25) is 0 Å². The minimum absolute atomic E-state index is 0.288. The fraction of sp³-hybridized carbons (Fsp3) is 0.0667. The number of thiophene rings is 1. The summed E-state index contributed by atoms with van der Waals surface area (Å²) in [6.07, 6.45) is 0. The van der Waals surface area contributed by atoms with Crippen molar-refractivity contribution in [2.45, 2.75) is 0 Å². The standard InChI is InChI=1S/C15H10F2N2O3S/c1-19-10-4-5-23-13(10)12(20)11(15(19)22)14(21)18-9-3-2-7(16)6-8(9)17/h2-6,20H,1H3,(H,18,21). The fourth-order valence-electron chi connectivity index (χ4n) is 2.22. The Kier molecular flexibility index (Phi) is 3.61. The summed E-state index contributed by atoms with van der Waals surface area (Å²) in [4.78, 5) is 24.5. The number of benzene rings is 1. The van der Waals surface area contributed by atoms with E-state index in [0.717, 1.165) is 12.1 Å². The van der Waals surface area contributed by atoms with Crippen molar-refractivity contribution in [1.82, 2.24) is 4.57 Å². The molecule has 0 bridgehead atoms. The van der Waals surface area contributed by atoms with Gasteiger partial charge < -0.3 is 15.0 Å². The molecule has 5 nitrogen and oxygen atoms in total. The van der Waals surface area contributed by atoms with E-state index >= 15 is 0 Å². The lowest BCUT2D eigenvalue weighted by molar-refractivity contribution is 0.102. The van der Waals surface area contributed by atoms with Gasteiger partial charge in [0.1, 0.15) is 17.2 Å². The van der Waals surface area contributed by atoms with Crippen molar-refractivity contribution in [3.8, 4) is 5.75 Å². The molecule has 3 aromatic rings. The van der Waals surface area contributed by atoms with E-state index in [1.165, 1.54) is 23.0 Å². The number of nitrogens with zero attached hydrogens (tertiary/aromatic N) is 1. The van der Waals surface area contributed by atoms with Crippen LogP contribution in [0.3, 0.4) is 0 Å². The zero-order chi connectivity index (χ0) is 16.7. The number of anilines is 1. The monoisotopic (exact) mass is 336 g/mol. The molecule has 0 atom stereocenters. The lowest BCUT2D eigenvalue weighted by Crippen LogP contribution is -2.28. The number of halogens is 2. The zero-order valence-corrected chi connectivity index (χ0v) is 12.6. The fourth-order valence-corrected chi connectivity index (χ4v) is 3.09. The number of pyridine rings is 1. The Bertz CT molecular complexity index is 994. The first kappa shape index (κ1) is 15.2. The van der Waals surface area contributed by atoms with Gasteiger partial charge in [-0.05, 0) is 23.6 Å². The molecule has 2 aromatic heterocycles. The summed E-state index contributed by atoms with van der Waals surface area (Å²) in [5.74, 6) is -3.20. The van der Waals surface area contributed by atoms with Gasteiger partial charge in [-0.1, -0.05) is 0 Å². The molecule has 0 aliphatic carbocycles. The first-order valence-electron chi connectivity index (χ1n) is 6.45. The minimum atomic E-state index is -0.980. The van der Waals surface area contributed by atoms with Crippen LogP contribution in [0.4, 0.5) is 14.5 Å². The van der Waals surface area contributed by atoms with Crippen LogP contribution in [0, 0.1) is 11.6 Å². The molecule has 0 aliphatic rings. The number of rotatable bonds is 2. The first-order valence-corrected chi connectivity index (χ1v) is 7.33. The average molecular weight is 336 g/mol. The highest BCUT2D eigenvalue weighted by Gasteiger charge is 2.22. The van der Waals surface area contributed by atoms with Gasteiger partial charge in [0.15, 0.2) is 5.75 Å². The Morgan fingerprint density at radius 3 is 2.74 bits per heavy atom. The van der Waals surface area contributed by atoms with E-state index in [2.05, 4.69) is 5.32 Å². The largest absolute Gasteiger partial charge is 0.505 e. The molecular weight excluding hydrogens is 326 g/mol. The van der Waals surface area contributed by atoms with Crippen molar-refractivity contribution in [2.24, 2.45) is 7.05 Å². The number of aromatic nitrogens is 1. The Hall–Kier alpha value is -2.74. The number of fused-ring (bicyclic) bond motifs is 1. The summed E-state index contributed by atoms with van der Waals surface area (Å²) in [6.45, 7) is 0. The molecule has 0 unspecified atom stereocenters. The number of amides is 1. The lowest BCUT2D eigenvalue weighted by Gasteiger charge is -2.10. The third-order valence-electron chi connectivity index (χ3n) is 3.38. The Morgan fingerprint density at radius 1 is 1.30 bits per heavy atom. The molecule has 0 aliphatic heterocycles. The van der Waals surface area contributed by atoms with E-state index in [9.17, 15) is 23.5 Å². The van der Waals surface area contributed by atoms with E-state index < -0.39 is 34.4 Å². The van der Waals surface area contributed by atoms with Crippen LogP contribution in [0.25, 0.3) is 10.2 Å².